The van der Waals surface area contributed by atoms with Crippen molar-refractivity contribution < 1.29 is 23.4 Å². The van der Waals surface area contributed by atoms with E-state index in [-0.39, 0.29) is 24.3 Å². The smallest absolute Gasteiger partial charge is 0.230 e. The number of thiazole rings is 1. The fraction of sp³-hybridized carbons (Fsp3) is 0.458. The monoisotopic (exact) mass is 473 g/mol. The van der Waals surface area contributed by atoms with Gasteiger partial charge in [-0.15, -0.1) is 11.3 Å². The normalized spacial score (nSPS) is 11.7. The quantitative estimate of drug-likeness (QED) is 0.413. The number of hydrogen-bond acceptors (Lipinski definition) is 8. The van der Waals surface area contributed by atoms with Crippen molar-refractivity contribution in [3.63, 3.8) is 0 Å². The first-order valence-corrected chi connectivity index (χ1v) is 11.6. The first-order chi connectivity index (χ1) is 15.8. The molecular formula is C24H31N3O5S. The molecule has 2 heterocycles. The van der Waals surface area contributed by atoms with E-state index in [9.17, 15) is 4.79 Å². The lowest BCUT2D eigenvalue weighted by Crippen LogP contribution is -2.22. The van der Waals surface area contributed by atoms with Gasteiger partial charge in [-0.2, -0.15) is 0 Å². The fourth-order valence-corrected chi connectivity index (χ4v) is 3.76. The van der Waals surface area contributed by atoms with Crippen LogP contribution in [-0.2, 0) is 38.9 Å². The number of benzene rings is 1. The van der Waals surface area contributed by atoms with Gasteiger partial charge < -0.3 is 23.9 Å². The number of oxazole rings is 1. The summed E-state index contributed by atoms with van der Waals surface area (Å²) in [6.45, 7) is 6.57. The highest BCUT2D eigenvalue weighted by Gasteiger charge is 2.19. The van der Waals surface area contributed by atoms with Gasteiger partial charge in [0.1, 0.15) is 18.1 Å². The predicted molar refractivity (Wildman–Crippen MR) is 127 cm³/mol. The van der Waals surface area contributed by atoms with Crippen LogP contribution >= 0.6 is 11.3 Å². The summed E-state index contributed by atoms with van der Waals surface area (Å²) in [4.78, 5) is 22.2. The number of carbonyl (C=O) groups is 1. The van der Waals surface area contributed by atoms with Gasteiger partial charge in [0, 0.05) is 37.1 Å². The summed E-state index contributed by atoms with van der Waals surface area (Å²) >= 11 is 1.46. The molecule has 0 aliphatic heterocycles. The minimum atomic E-state index is -0.421. The summed E-state index contributed by atoms with van der Waals surface area (Å²) in [6, 6.07) is 7.36. The third-order valence-corrected chi connectivity index (χ3v) is 5.85. The van der Waals surface area contributed by atoms with Gasteiger partial charge in [-0.1, -0.05) is 32.9 Å². The van der Waals surface area contributed by atoms with E-state index < -0.39 is 6.29 Å². The van der Waals surface area contributed by atoms with Crippen LogP contribution in [0, 0.1) is 0 Å². The molecule has 0 spiro atoms. The summed E-state index contributed by atoms with van der Waals surface area (Å²) in [5.41, 5.74) is 0.822. The number of carbonyl (C=O) groups excluding carboxylic acids is 1. The SMILES string of the molecule is COC(COc1ccc(CC(=O)Nc2ncc(CCc3ncc(C(C)(C)C)o3)s2)cc1)OC. The third-order valence-electron chi connectivity index (χ3n) is 4.88. The Labute approximate surface area is 198 Å². The Kier molecular flexibility index (Phi) is 8.60. The molecule has 2 aromatic heterocycles. The maximum absolute atomic E-state index is 12.4. The highest BCUT2D eigenvalue weighted by molar-refractivity contribution is 7.15. The van der Waals surface area contributed by atoms with Gasteiger partial charge in [0.25, 0.3) is 0 Å². The van der Waals surface area contributed by atoms with Crippen molar-refractivity contribution in [1.82, 2.24) is 9.97 Å². The van der Waals surface area contributed by atoms with E-state index in [1.165, 1.54) is 11.3 Å². The van der Waals surface area contributed by atoms with Crippen LogP contribution in [0.15, 0.2) is 41.1 Å². The lowest BCUT2D eigenvalue weighted by Gasteiger charge is -2.14. The number of hydrogen-bond donors (Lipinski definition) is 1. The van der Waals surface area contributed by atoms with Crippen LogP contribution in [0.3, 0.4) is 0 Å². The van der Waals surface area contributed by atoms with E-state index in [1.807, 2.05) is 24.3 Å². The molecule has 1 aromatic carbocycles. The second kappa shape index (κ2) is 11.4. The number of nitrogens with zero attached hydrogens (tertiary/aromatic N) is 2. The number of nitrogens with one attached hydrogen (secondary N) is 1. The van der Waals surface area contributed by atoms with Crippen molar-refractivity contribution in [3.05, 3.63) is 58.8 Å². The zero-order chi connectivity index (χ0) is 23.8. The Balaban J connectivity index is 1.45. The first-order valence-electron chi connectivity index (χ1n) is 10.7. The lowest BCUT2D eigenvalue weighted by atomic mass is 9.94. The molecule has 0 radical (unpaired) electrons. The summed E-state index contributed by atoms with van der Waals surface area (Å²) in [5.74, 6) is 2.16. The van der Waals surface area contributed by atoms with E-state index in [2.05, 4.69) is 36.1 Å². The van der Waals surface area contributed by atoms with Crippen LogP contribution in [0.25, 0.3) is 0 Å². The molecule has 33 heavy (non-hydrogen) atoms. The molecule has 3 rings (SSSR count). The standard InChI is InChI=1S/C24H31N3O5S/c1-24(2,3)19-14-25-21(32-19)11-10-18-13-26-23(33-18)27-20(28)12-16-6-8-17(9-7-16)31-15-22(29-4)30-5/h6-9,13-14,22H,10-12,15H2,1-5H3,(H,26,27,28). The fourth-order valence-electron chi connectivity index (χ4n) is 2.93. The molecule has 0 aliphatic carbocycles. The van der Waals surface area contributed by atoms with Crippen LogP contribution in [0.4, 0.5) is 5.13 Å². The van der Waals surface area contributed by atoms with Crippen LogP contribution < -0.4 is 10.1 Å². The average molecular weight is 474 g/mol. The summed E-state index contributed by atoms with van der Waals surface area (Å²) < 4.78 is 21.6. The molecule has 0 aliphatic rings. The van der Waals surface area contributed by atoms with Gasteiger partial charge in [0.2, 0.25) is 5.91 Å². The topological polar surface area (TPSA) is 95.7 Å². The van der Waals surface area contributed by atoms with Crippen molar-refractivity contribution in [1.29, 1.82) is 0 Å². The molecule has 0 saturated heterocycles. The molecule has 3 aromatic rings. The van der Waals surface area contributed by atoms with Gasteiger partial charge in [-0.05, 0) is 24.1 Å². The number of ether oxygens (including phenoxy) is 3. The molecule has 0 atom stereocenters. The maximum Gasteiger partial charge on any atom is 0.230 e. The van der Waals surface area contributed by atoms with Crippen LogP contribution in [-0.4, -0.2) is 43.0 Å². The minimum Gasteiger partial charge on any atom is -0.488 e. The number of rotatable bonds is 11. The number of aryl methyl sites for hydroxylation is 2. The molecule has 8 nitrogen and oxygen atoms in total. The maximum atomic E-state index is 12.4. The molecule has 0 unspecified atom stereocenters. The zero-order valence-corrected chi connectivity index (χ0v) is 20.5. The van der Waals surface area contributed by atoms with E-state index in [0.717, 1.165) is 22.6 Å². The van der Waals surface area contributed by atoms with Crippen LogP contribution in [0.2, 0.25) is 0 Å². The van der Waals surface area contributed by atoms with Crippen molar-refractivity contribution in [2.24, 2.45) is 0 Å². The highest BCUT2D eigenvalue weighted by atomic mass is 32.1. The van der Waals surface area contributed by atoms with Gasteiger partial charge in [-0.3, -0.25) is 4.79 Å². The van der Waals surface area contributed by atoms with Crippen LogP contribution in [0.1, 0.15) is 42.9 Å². The second-order valence-electron chi connectivity index (χ2n) is 8.58. The molecule has 1 N–H and O–H groups in total. The summed E-state index contributed by atoms with van der Waals surface area (Å²) in [5, 5.41) is 3.45. The number of methoxy groups -OCH3 is 2. The molecule has 1 amide bonds. The number of aromatic nitrogens is 2. The van der Waals surface area contributed by atoms with Crippen molar-refractivity contribution in [2.45, 2.75) is 51.7 Å². The summed E-state index contributed by atoms with van der Waals surface area (Å²) in [6.07, 6.45) is 4.85. The van der Waals surface area contributed by atoms with Crippen molar-refractivity contribution in [3.8, 4) is 5.75 Å². The van der Waals surface area contributed by atoms with E-state index in [0.29, 0.717) is 23.2 Å². The van der Waals surface area contributed by atoms with E-state index in [1.54, 1.807) is 26.6 Å². The van der Waals surface area contributed by atoms with Crippen molar-refractivity contribution >= 4 is 22.4 Å². The average Bonchev–Trinajstić information content (AvgIpc) is 3.43. The van der Waals surface area contributed by atoms with Gasteiger partial charge in [0.15, 0.2) is 17.3 Å². The summed E-state index contributed by atoms with van der Waals surface area (Å²) in [7, 11) is 3.12. The Morgan fingerprint density at radius 2 is 1.82 bits per heavy atom. The van der Waals surface area contributed by atoms with Gasteiger partial charge >= 0.3 is 0 Å². The van der Waals surface area contributed by atoms with Crippen LogP contribution in [0.5, 0.6) is 5.75 Å². The Morgan fingerprint density at radius 3 is 2.45 bits per heavy atom. The molecule has 9 heteroatoms. The Hall–Kier alpha value is -2.75. The molecule has 178 valence electrons. The second-order valence-corrected chi connectivity index (χ2v) is 9.70. The molecule has 0 saturated carbocycles. The first kappa shape index (κ1) is 24.9. The number of amides is 1. The van der Waals surface area contributed by atoms with Gasteiger partial charge in [0.05, 0.1) is 12.6 Å². The number of anilines is 1. The Morgan fingerprint density at radius 1 is 1.09 bits per heavy atom. The van der Waals surface area contributed by atoms with E-state index in [4.69, 9.17) is 18.6 Å². The molecule has 0 fully saturated rings. The minimum absolute atomic E-state index is 0.0579. The van der Waals surface area contributed by atoms with Crippen molar-refractivity contribution in [2.75, 3.05) is 26.1 Å². The highest BCUT2D eigenvalue weighted by Crippen LogP contribution is 2.24. The van der Waals surface area contributed by atoms with E-state index >= 15 is 0 Å². The zero-order valence-electron chi connectivity index (χ0n) is 19.7. The molecular weight excluding hydrogens is 442 g/mol. The lowest BCUT2D eigenvalue weighted by molar-refractivity contribution is -0.121. The molecule has 0 bridgehead atoms. The van der Waals surface area contributed by atoms with Gasteiger partial charge in [-0.25, -0.2) is 9.97 Å². The Bertz CT molecular complexity index is 1020. The largest absolute Gasteiger partial charge is 0.488 e. The predicted octanol–water partition coefficient (Wildman–Crippen LogP) is 4.39. The third kappa shape index (κ3) is 7.66.